The van der Waals surface area contributed by atoms with Gasteiger partial charge < -0.3 is 25.6 Å². The topological polar surface area (TPSA) is 192 Å². The monoisotopic (exact) mass is 623 g/mol. The van der Waals surface area contributed by atoms with Gasteiger partial charge >= 0.3 is 5.97 Å². The predicted octanol–water partition coefficient (Wildman–Crippen LogP) is 3.78. The van der Waals surface area contributed by atoms with Gasteiger partial charge in [-0.1, -0.05) is 19.9 Å². The number of nitrogens with one attached hydrogen (secondary N) is 3. The zero-order valence-electron chi connectivity index (χ0n) is 24.7. The summed E-state index contributed by atoms with van der Waals surface area (Å²) in [5, 5.41) is 26.4. The van der Waals surface area contributed by atoms with Crippen molar-refractivity contribution in [2.24, 2.45) is 0 Å². The number of rotatable bonds is 12. The highest BCUT2D eigenvalue weighted by atomic mass is 32.2. The zero-order chi connectivity index (χ0) is 32.3. The molecule has 0 spiro atoms. The number of hydrogen-bond donors (Lipinski definition) is 4. The van der Waals surface area contributed by atoms with Crippen molar-refractivity contribution in [3.8, 4) is 0 Å². The number of amides is 2. The lowest BCUT2D eigenvalue weighted by atomic mass is 10.0. The lowest BCUT2D eigenvalue weighted by Crippen LogP contribution is -2.35. The summed E-state index contributed by atoms with van der Waals surface area (Å²) < 4.78 is 26.7. The highest BCUT2D eigenvalue weighted by Crippen LogP contribution is 2.36. The Morgan fingerprint density at radius 1 is 1.11 bits per heavy atom. The summed E-state index contributed by atoms with van der Waals surface area (Å²) in [7, 11) is -4.16. The molecule has 0 fully saturated rings. The number of carbonyl (C=O) groups is 3. The molecule has 4 N–H and O–H groups in total. The fourth-order valence-corrected chi connectivity index (χ4v) is 6.53. The van der Waals surface area contributed by atoms with Crippen LogP contribution in [0.15, 0.2) is 41.3 Å². The second kappa shape index (κ2) is 12.8. The lowest BCUT2D eigenvalue weighted by molar-refractivity contribution is -0.385. The number of aryl methyl sites for hydroxylation is 1. The number of carbonyl (C=O) groups excluding carboxylic acids is 2. The third-order valence-electron chi connectivity index (χ3n) is 7.61. The predicted molar refractivity (Wildman–Crippen MR) is 164 cm³/mol. The van der Waals surface area contributed by atoms with Gasteiger partial charge in [-0.2, -0.15) is 0 Å². The molecular formula is C30H33N5O8S. The van der Waals surface area contributed by atoms with E-state index in [4.69, 9.17) is 5.11 Å². The Bertz CT molecular complexity index is 1810. The fraction of sp³-hybridized carbons (Fsp3) is 0.300. The highest BCUT2D eigenvalue weighted by molar-refractivity contribution is 7.90. The number of anilines is 1. The molecule has 14 heteroatoms. The molecule has 0 saturated carbocycles. The first-order valence-electron chi connectivity index (χ1n) is 13.9. The van der Waals surface area contributed by atoms with Crippen molar-refractivity contribution in [1.82, 2.24) is 15.2 Å². The van der Waals surface area contributed by atoms with E-state index in [1.807, 2.05) is 0 Å². The Labute approximate surface area is 254 Å². The summed E-state index contributed by atoms with van der Waals surface area (Å²) in [5.74, 6) is -2.85. The maximum absolute atomic E-state index is 13.4. The first-order valence-corrected chi connectivity index (χ1v) is 15.5. The number of H-pyrrole nitrogens is 1. The summed E-state index contributed by atoms with van der Waals surface area (Å²) in [5.41, 5.74) is 1.92. The van der Waals surface area contributed by atoms with E-state index in [9.17, 15) is 32.9 Å². The molecule has 44 heavy (non-hydrogen) atoms. The van der Waals surface area contributed by atoms with Crippen LogP contribution in [0.1, 0.15) is 62.6 Å². The lowest BCUT2D eigenvalue weighted by Gasteiger charge is -2.18. The molecule has 4 rings (SSSR count). The highest BCUT2D eigenvalue weighted by Gasteiger charge is 2.29. The molecule has 1 aliphatic heterocycles. The van der Waals surface area contributed by atoms with E-state index in [1.165, 1.54) is 18.2 Å². The molecular weight excluding hydrogens is 590 g/mol. The van der Waals surface area contributed by atoms with Gasteiger partial charge in [-0.15, -0.1) is 0 Å². The Morgan fingerprint density at radius 3 is 2.45 bits per heavy atom. The molecule has 0 bridgehead atoms. The smallest absolute Gasteiger partial charge is 0.335 e. The minimum Gasteiger partial charge on any atom is -0.478 e. The molecule has 0 saturated heterocycles. The number of aromatic amines is 1. The first kappa shape index (κ1) is 32.1. The molecule has 0 aliphatic carbocycles. The molecule has 1 aliphatic rings. The third-order valence-corrected chi connectivity index (χ3v) is 9.27. The quantitative estimate of drug-likeness (QED) is 0.132. The molecule has 2 aromatic carbocycles. The van der Waals surface area contributed by atoms with Crippen molar-refractivity contribution in [3.63, 3.8) is 0 Å². The maximum atomic E-state index is 13.4. The van der Waals surface area contributed by atoms with Crippen molar-refractivity contribution >= 4 is 50.6 Å². The number of hydrogen-bond acceptors (Lipinski definition) is 8. The van der Waals surface area contributed by atoms with Crippen molar-refractivity contribution in [1.29, 1.82) is 0 Å². The van der Waals surface area contributed by atoms with E-state index in [0.29, 0.717) is 46.9 Å². The van der Waals surface area contributed by atoms with Crippen LogP contribution in [0.2, 0.25) is 0 Å². The molecule has 0 atom stereocenters. The van der Waals surface area contributed by atoms with Crippen LogP contribution in [-0.4, -0.2) is 72.3 Å². The van der Waals surface area contributed by atoms with Gasteiger partial charge in [0, 0.05) is 47.4 Å². The largest absolute Gasteiger partial charge is 0.478 e. The van der Waals surface area contributed by atoms with Gasteiger partial charge in [-0.3, -0.25) is 19.7 Å². The van der Waals surface area contributed by atoms with Crippen LogP contribution in [0.5, 0.6) is 0 Å². The van der Waals surface area contributed by atoms with Gasteiger partial charge in [0.15, 0.2) is 9.84 Å². The standard InChI is InChI=1S/C30H33N5O8S/c1-5-34(6-2)12-11-31-29(37)27-17(3)25(32-18(27)4)15-23-22-14-21(9-10-24(22)33-28(23)36)44(42,43)16-20-8-7-19(30(38)39)13-26(20)35(40)41/h7-10,13-15,32H,5-6,11-12,16H2,1-4H3,(H,31,37)(H,33,36)(H,38,39). The van der Waals surface area contributed by atoms with E-state index >= 15 is 0 Å². The first-order chi connectivity index (χ1) is 20.8. The average molecular weight is 624 g/mol. The van der Waals surface area contributed by atoms with Crippen LogP contribution < -0.4 is 10.6 Å². The summed E-state index contributed by atoms with van der Waals surface area (Å²) in [6, 6.07) is 7.07. The van der Waals surface area contributed by atoms with E-state index in [2.05, 4.69) is 34.4 Å². The van der Waals surface area contributed by atoms with Crippen molar-refractivity contribution < 1.29 is 32.8 Å². The number of nitro groups is 1. The SMILES string of the molecule is CCN(CC)CCNC(=O)c1c(C)[nH]c(C=C2C(=O)Nc3ccc(S(=O)(=O)Cc4ccc(C(=O)O)cc4[N+](=O)[O-])cc32)c1C. The normalized spacial score (nSPS) is 13.7. The van der Waals surface area contributed by atoms with Crippen molar-refractivity contribution in [2.45, 2.75) is 38.3 Å². The summed E-state index contributed by atoms with van der Waals surface area (Å²) in [4.78, 5) is 53.1. The number of likely N-dealkylation sites (N-methyl/N-ethyl adjacent to an activating group) is 1. The molecule has 0 unspecified atom stereocenters. The third kappa shape index (κ3) is 6.55. The van der Waals surface area contributed by atoms with Gasteiger partial charge in [0.25, 0.3) is 17.5 Å². The molecule has 13 nitrogen and oxygen atoms in total. The van der Waals surface area contributed by atoms with Gasteiger partial charge in [-0.05, 0) is 62.8 Å². The Morgan fingerprint density at radius 2 is 1.82 bits per heavy atom. The zero-order valence-corrected chi connectivity index (χ0v) is 25.5. The number of carboxylic acids is 1. The molecule has 3 aromatic rings. The molecule has 0 radical (unpaired) electrons. The Balaban J connectivity index is 1.64. The number of aromatic carboxylic acids is 1. The summed E-state index contributed by atoms with van der Waals surface area (Å²) >= 11 is 0. The second-order valence-corrected chi connectivity index (χ2v) is 12.3. The van der Waals surface area contributed by atoms with Crippen LogP contribution in [0.25, 0.3) is 11.6 Å². The van der Waals surface area contributed by atoms with Gasteiger partial charge in [-0.25, -0.2) is 13.2 Å². The number of nitro benzene ring substituents is 1. The van der Waals surface area contributed by atoms with Gasteiger partial charge in [0.2, 0.25) is 0 Å². The van der Waals surface area contributed by atoms with Gasteiger partial charge in [0.05, 0.1) is 32.3 Å². The van der Waals surface area contributed by atoms with E-state index in [-0.39, 0.29) is 27.5 Å². The van der Waals surface area contributed by atoms with Crippen molar-refractivity contribution in [3.05, 3.63) is 85.7 Å². The van der Waals surface area contributed by atoms with E-state index < -0.39 is 38.1 Å². The molecule has 2 amide bonds. The number of aromatic nitrogens is 1. The second-order valence-electron chi connectivity index (χ2n) is 10.3. The average Bonchev–Trinajstić information content (AvgIpc) is 3.43. The van der Waals surface area contributed by atoms with Crippen LogP contribution in [0.3, 0.4) is 0 Å². The molecule has 1 aromatic heterocycles. The number of fused-ring (bicyclic) bond motifs is 1. The van der Waals surface area contributed by atoms with Crippen LogP contribution in [-0.2, 0) is 20.4 Å². The fourth-order valence-electron chi connectivity index (χ4n) is 5.14. The molecule has 2 heterocycles. The van der Waals surface area contributed by atoms with Crippen molar-refractivity contribution in [2.75, 3.05) is 31.5 Å². The maximum Gasteiger partial charge on any atom is 0.335 e. The molecule has 232 valence electrons. The van der Waals surface area contributed by atoms with Crippen LogP contribution >= 0.6 is 0 Å². The summed E-state index contributed by atoms with van der Waals surface area (Å²) in [6.45, 7) is 10.5. The number of nitrogens with zero attached hydrogens (tertiary/aromatic N) is 2. The minimum absolute atomic E-state index is 0.173. The summed E-state index contributed by atoms with van der Waals surface area (Å²) in [6.07, 6.45) is 1.56. The van der Waals surface area contributed by atoms with E-state index in [1.54, 1.807) is 19.9 Å². The van der Waals surface area contributed by atoms with Crippen LogP contribution in [0.4, 0.5) is 11.4 Å². The van der Waals surface area contributed by atoms with Crippen LogP contribution in [0, 0.1) is 24.0 Å². The minimum atomic E-state index is -4.16. The number of sulfone groups is 1. The Hall–Kier alpha value is -4.82. The number of benzene rings is 2. The Kier molecular flexibility index (Phi) is 9.35. The van der Waals surface area contributed by atoms with E-state index in [0.717, 1.165) is 31.3 Å². The van der Waals surface area contributed by atoms with Gasteiger partial charge in [0.1, 0.15) is 0 Å². The number of carboxylic acid groups (broad SMARTS) is 1.